The molecule has 0 radical (unpaired) electrons. The molecule has 180 valence electrons. The molecular formula is C25H25F4N3O2. The van der Waals surface area contributed by atoms with E-state index in [1.54, 1.807) is 21.9 Å². The molecule has 2 aliphatic heterocycles. The molecule has 5 rings (SSSR count). The molecule has 5 nitrogen and oxygen atoms in total. The van der Waals surface area contributed by atoms with Crippen LogP contribution in [0.5, 0.6) is 0 Å². The Kier molecular flexibility index (Phi) is 5.52. The summed E-state index contributed by atoms with van der Waals surface area (Å²) in [5.74, 6) is -3.73. The first-order valence-corrected chi connectivity index (χ1v) is 11.3. The molecule has 0 N–H and O–H groups in total. The third-order valence-electron chi connectivity index (χ3n) is 7.82. The van der Waals surface area contributed by atoms with Crippen LogP contribution in [0.15, 0.2) is 72.6 Å². The first-order chi connectivity index (χ1) is 16.2. The van der Waals surface area contributed by atoms with Gasteiger partial charge in [-0.25, -0.2) is 4.39 Å². The lowest BCUT2D eigenvalue weighted by molar-refractivity contribution is -0.574. The molecule has 2 saturated heterocycles. The lowest BCUT2D eigenvalue weighted by Gasteiger charge is -2.46. The second-order valence-electron chi connectivity index (χ2n) is 9.70. The highest BCUT2D eigenvalue weighted by molar-refractivity contribution is 5.32. The lowest BCUT2D eigenvalue weighted by Crippen LogP contribution is -2.63. The summed E-state index contributed by atoms with van der Waals surface area (Å²) in [5.41, 5.74) is -3.13. The topological polar surface area (TPSA) is 49.6 Å². The standard InChI is InChI=1S/C25H25F4N3O2/c26-22-11-20-14-30(12-18-7-3-1-4-8-18)16-23(20,25(27,28)29)21-15-31(17-24(21,22)32(33)34)13-19-9-5-2-6-10-19/h1-11,20-21H,12-17H2/t20-,21-,23-,24+/m0/s1. The minimum atomic E-state index is -4.73. The molecule has 0 bridgehead atoms. The minimum absolute atomic E-state index is 0.00477. The first kappa shape index (κ1) is 23.0. The van der Waals surface area contributed by atoms with Crippen LogP contribution in [-0.4, -0.2) is 52.6 Å². The largest absolute Gasteiger partial charge is 0.396 e. The van der Waals surface area contributed by atoms with Gasteiger partial charge in [0.1, 0.15) is 0 Å². The maximum absolute atomic E-state index is 15.5. The summed E-state index contributed by atoms with van der Waals surface area (Å²) in [6.07, 6.45) is -3.82. The van der Waals surface area contributed by atoms with Crippen molar-refractivity contribution in [1.82, 2.24) is 9.80 Å². The van der Waals surface area contributed by atoms with E-state index in [0.29, 0.717) is 0 Å². The number of alkyl halides is 3. The zero-order valence-electron chi connectivity index (χ0n) is 18.4. The summed E-state index contributed by atoms with van der Waals surface area (Å²) >= 11 is 0. The van der Waals surface area contributed by atoms with Crippen molar-refractivity contribution in [2.45, 2.75) is 24.8 Å². The van der Waals surface area contributed by atoms with E-state index in [9.17, 15) is 23.3 Å². The van der Waals surface area contributed by atoms with E-state index in [1.807, 2.05) is 48.5 Å². The number of halogens is 4. The Morgan fingerprint density at radius 1 is 0.912 bits per heavy atom. The summed E-state index contributed by atoms with van der Waals surface area (Å²) in [5, 5.41) is 12.3. The number of likely N-dealkylation sites (tertiary alicyclic amines) is 2. The molecule has 0 spiro atoms. The summed E-state index contributed by atoms with van der Waals surface area (Å²) < 4.78 is 60.3. The van der Waals surface area contributed by atoms with Gasteiger partial charge in [0.25, 0.3) is 5.54 Å². The Labute approximate surface area is 194 Å². The van der Waals surface area contributed by atoms with Crippen molar-refractivity contribution < 1.29 is 22.5 Å². The molecule has 1 aliphatic carbocycles. The number of hydrogen-bond acceptors (Lipinski definition) is 4. The van der Waals surface area contributed by atoms with E-state index >= 15 is 4.39 Å². The molecule has 0 aromatic heterocycles. The summed E-state index contributed by atoms with van der Waals surface area (Å²) in [4.78, 5) is 14.8. The van der Waals surface area contributed by atoms with Gasteiger partial charge in [-0.1, -0.05) is 60.7 Å². The third kappa shape index (κ3) is 3.44. The van der Waals surface area contributed by atoms with E-state index in [1.165, 1.54) is 0 Å². The predicted octanol–water partition coefficient (Wildman–Crippen LogP) is 4.68. The normalized spacial score (nSPS) is 31.7. The second kappa shape index (κ2) is 8.16. The number of rotatable bonds is 5. The van der Waals surface area contributed by atoms with Crippen molar-refractivity contribution >= 4 is 0 Å². The van der Waals surface area contributed by atoms with Crippen LogP contribution in [0.1, 0.15) is 11.1 Å². The number of nitrogens with zero attached hydrogens (tertiary/aromatic N) is 3. The molecule has 4 atom stereocenters. The highest BCUT2D eigenvalue weighted by Crippen LogP contribution is 2.63. The highest BCUT2D eigenvalue weighted by atomic mass is 19.4. The summed E-state index contributed by atoms with van der Waals surface area (Å²) in [6.45, 7) is -0.454. The van der Waals surface area contributed by atoms with Crippen molar-refractivity contribution in [1.29, 1.82) is 0 Å². The van der Waals surface area contributed by atoms with Crippen LogP contribution in [0.4, 0.5) is 17.6 Å². The van der Waals surface area contributed by atoms with E-state index in [0.717, 1.165) is 17.2 Å². The molecule has 0 amide bonds. The third-order valence-corrected chi connectivity index (χ3v) is 7.82. The van der Waals surface area contributed by atoms with Crippen LogP contribution in [0.3, 0.4) is 0 Å². The van der Waals surface area contributed by atoms with E-state index in [4.69, 9.17) is 0 Å². The zero-order valence-corrected chi connectivity index (χ0v) is 18.4. The molecule has 2 aromatic rings. The molecule has 34 heavy (non-hydrogen) atoms. The van der Waals surface area contributed by atoms with E-state index in [-0.39, 0.29) is 39.3 Å². The Bertz CT molecular complexity index is 1090. The molecule has 2 heterocycles. The predicted molar refractivity (Wildman–Crippen MR) is 118 cm³/mol. The maximum Gasteiger partial charge on any atom is 0.396 e. The van der Waals surface area contributed by atoms with Crippen LogP contribution < -0.4 is 0 Å². The van der Waals surface area contributed by atoms with Crippen molar-refractivity contribution in [3.63, 3.8) is 0 Å². The van der Waals surface area contributed by atoms with Crippen molar-refractivity contribution in [3.05, 3.63) is 93.8 Å². The van der Waals surface area contributed by atoms with Crippen molar-refractivity contribution in [3.8, 4) is 0 Å². The molecular weight excluding hydrogens is 450 g/mol. The fraction of sp³-hybridized carbons (Fsp3) is 0.440. The van der Waals surface area contributed by atoms with Gasteiger partial charge in [-0.15, -0.1) is 0 Å². The van der Waals surface area contributed by atoms with Crippen LogP contribution in [-0.2, 0) is 13.1 Å². The lowest BCUT2D eigenvalue weighted by atomic mass is 9.58. The van der Waals surface area contributed by atoms with Gasteiger partial charge in [0.15, 0.2) is 5.83 Å². The van der Waals surface area contributed by atoms with Crippen molar-refractivity contribution in [2.24, 2.45) is 17.3 Å². The Morgan fingerprint density at radius 2 is 1.44 bits per heavy atom. The molecule has 2 aromatic carbocycles. The van der Waals surface area contributed by atoms with Crippen LogP contribution in [0.25, 0.3) is 0 Å². The molecule has 9 heteroatoms. The maximum atomic E-state index is 15.5. The number of fused-ring (bicyclic) bond motifs is 3. The average Bonchev–Trinajstić information content (AvgIpc) is 3.35. The van der Waals surface area contributed by atoms with Gasteiger partial charge < -0.3 is 0 Å². The van der Waals surface area contributed by atoms with Gasteiger partial charge in [0.2, 0.25) is 0 Å². The Balaban J connectivity index is 1.54. The van der Waals surface area contributed by atoms with Gasteiger partial charge in [0.05, 0.1) is 17.9 Å². The van der Waals surface area contributed by atoms with Crippen LogP contribution >= 0.6 is 0 Å². The molecule has 2 fully saturated rings. The van der Waals surface area contributed by atoms with Gasteiger partial charge in [-0.3, -0.25) is 19.9 Å². The monoisotopic (exact) mass is 475 g/mol. The Morgan fingerprint density at radius 3 is 1.94 bits per heavy atom. The van der Waals surface area contributed by atoms with Gasteiger partial charge in [0, 0.05) is 43.6 Å². The van der Waals surface area contributed by atoms with E-state index in [2.05, 4.69) is 0 Å². The fourth-order valence-corrected chi connectivity index (χ4v) is 6.33. The first-order valence-electron chi connectivity index (χ1n) is 11.3. The quantitative estimate of drug-likeness (QED) is 0.358. The SMILES string of the molecule is O=[N+]([O-])[C@]12CN(Cc3ccccc3)C[C@H]1[C@]1(C(F)(F)F)CN(Cc3ccccc3)C[C@@H]1C=C2F. The number of hydrogen-bond donors (Lipinski definition) is 0. The molecule has 0 saturated carbocycles. The van der Waals surface area contributed by atoms with Crippen LogP contribution in [0.2, 0.25) is 0 Å². The van der Waals surface area contributed by atoms with Gasteiger partial charge in [-0.05, 0) is 17.2 Å². The fourth-order valence-electron chi connectivity index (χ4n) is 6.33. The smallest absolute Gasteiger partial charge is 0.298 e. The van der Waals surface area contributed by atoms with Crippen molar-refractivity contribution in [2.75, 3.05) is 26.2 Å². The van der Waals surface area contributed by atoms with E-state index < -0.39 is 39.7 Å². The number of nitro groups is 1. The summed E-state index contributed by atoms with van der Waals surface area (Å²) in [6, 6.07) is 18.2. The minimum Gasteiger partial charge on any atom is -0.298 e. The Hall–Kier alpha value is -2.78. The summed E-state index contributed by atoms with van der Waals surface area (Å²) in [7, 11) is 0. The van der Waals surface area contributed by atoms with Gasteiger partial charge in [-0.2, -0.15) is 13.2 Å². The van der Waals surface area contributed by atoms with Crippen LogP contribution in [0, 0.1) is 27.4 Å². The zero-order chi connectivity index (χ0) is 24.1. The second-order valence-corrected chi connectivity index (χ2v) is 9.70. The molecule has 0 unspecified atom stereocenters. The van der Waals surface area contributed by atoms with Gasteiger partial charge >= 0.3 is 6.18 Å². The molecule has 3 aliphatic rings. The number of benzene rings is 2. The highest BCUT2D eigenvalue weighted by Gasteiger charge is 2.79. The average molecular weight is 475 g/mol.